The Balaban J connectivity index is 1.52. The lowest BCUT2D eigenvalue weighted by atomic mass is 10.1. The highest BCUT2D eigenvalue weighted by atomic mass is 32.1. The number of carbonyl (C=O) groups excluding carboxylic acids is 1. The van der Waals surface area contributed by atoms with E-state index < -0.39 is 0 Å². The molecule has 4 rings (SSSR count). The maximum Gasteiger partial charge on any atom is 0.255 e. The van der Waals surface area contributed by atoms with Crippen LogP contribution in [0.2, 0.25) is 0 Å². The lowest BCUT2D eigenvalue weighted by Gasteiger charge is -2.10. The maximum atomic E-state index is 13.0. The van der Waals surface area contributed by atoms with E-state index in [0.717, 1.165) is 27.6 Å². The summed E-state index contributed by atoms with van der Waals surface area (Å²) in [6, 6.07) is 14.9. The number of nitrogens with zero attached hydrogens (tertiary/aromatic N) is 2. The third-order valence-electron chi connectivity index (χ3n) is 4.32. The summed E-state index contributed by atoms with van der Waals surface area (Å²) in [6.07, 6.45) is 3.46. The molecule has 1 amide bonds. The van der Waals surface area contributed by atoms with Gasteiger partial charge < -0.3 is 10.6 Å². The lowest BCUT2D eigenvalue weighted by Crippen LogP contribution is -2.12. The number of hydrogen-bond donors (Lipinski definition) is 2. The predicted molar refractivity (Wildman–Crippen MR) is 114 cm³/mol. The van der Waals surface area contributed by atoms with Crippen LogP contribution in [0.1, 0.15) is 15.9 Å². The fourth-order valence-electron chi connectivity index (χ4n) is 2.74. The third-order valence-corrected chi connectivity index (χ3v) is 5.08. The second-order valence-electron chi connectivity index (χ2n) is 6.39. The van der Waals surface area contributed by atoms with E-state index in [1.807, 2.05) is 30.5 Å². The quantitative estimate of drug-likeness (QED) is 0.451. The largest absolute Gasteiger partial charge is 0.331 e. The number of benzene rings is 2. The van der Waals surface area contributed by atoms with Gasteiger partial charge in [-0.2, -0.15) is 0 Å². The van der Waals surface area contributed by atoms with Crippen molar-refractivity contribution in [1.82, 2.24) is 9.97 Å². The predicted octanol–water partition coefficient (Wildman–Crippen LogP) is 5.65. The Hall–Kier alpha value is -3.58. The summed E-state index contributed by atoms with van der Waals surface area (Å²) in [5.41, 5.74) is 4.68. The van der Waals surface area contributed by atoms with Crippen LogP contribution in [0.4, 0.5) is 20.9 Å². The second-order valence-corrected chi connectivity index (χ2v) is 7.25. The minimum Gasteiger partial charge on any atom is -0.331 e. The standard InChI is InChI=1S/C22H17FN4OS/c1-14-2-3-16(21(28)25-18-6-4-17(23)5-7-18)12-19(14)26-22-27-20(13-29-22)15-8-10-24-11-9-15/h2-13H,1H3,(H,25,28)(H,26,27). The number of carbonyl (C=O) groups is 1. The first-order valence-corrected chi connectivity index (χ1v) is 9.77. The molecule has 0 aliphatic heterocycles. The normalized spacial score (nSPS) is 10.6. The molecule has 0 fully saturated rings. The summed E-state index contributed by atoms with van der Waals surface area (Å²) in [6.45, 7) is 1.96. The molecule has 0 radical (unpaired) electrons. The molecule has 2 heterocycles. The number of pyridine rings is 1. The number of halogens is 1. The molecule has 2 aromatic carbocycles. The van der Waals surface area contributed by atoms with Crippen LogP contribution in [-0.4, -0.2) is 15.9 Å². The van der Waals surface area contributed by atoms with Crippen molar-refractivity contribution in [3.05, 3.63) is 89.3 Å². The van der Waals surface area contributed by atoms with Crippen molar-refractivity contribution in [1.29, 1.82) is 0 Å². The third kappa shape index (κ3) is 4.47. The van der Waals surface area contributed by atoms with Gasteiger partial charge in [0.25, 0.3) is 5.91 Å². The number of thiazole rings is 1. The van der Waals surface area contributed by atoms with Gasteiger partial charge >= 0.3 is 0 Å². The van der Waals surface area contributed by atoms with Gasteiger partial charge in [0, 0.05) is 40.3 Å². The van der Waals surface area contributed by atoms with Gasteiger partial charge in [0.05, 0.1) is 5.69 Å². The molecule has 0 spiro atoms. The molecule has 0 bridgehead atoms. The molecule has 29 heavy (non-hydrogen) atoms. The molecule has 4 aromatic rings. The number of aromatic nitrogens is 2. The SMILES string of the molecule is Cc1ccc(C(=O)Nc2ccc(F)cc2)cc1Nc1nc(-c2ccncc2)cs1. The Labute approximate surface area is 171 Å². The zero-order valence-electron chi connectivity index (χ0n) is 15.5. The Morgan fingerprint density at radius 3 is 2.55 bits per heavy atom. The van der Waals surface area contributed by atoms with Crippen molar-refractivity contribution in [2.24, 2.45) is 0 Å². The van der Waals surface area contributed by atoms with Gasteiger partial charge in [0.2, 0.25) is 0 Å². The highest BCUT2D eigenvalue weighted by Gasteiger charge is 2.11. The molecule has 0 atom stereocenters. The van der Waals surface area contributed by atoms with Crippen LogP contribution in [0.15, 0.2) is 72.4 Å². The molecule has 144 valence electrons. The molecule has 7 heteroatoms. The molecular formula is C22H17FN4OS. The highest BCUT2D eigenvalue weighted by Crippen LogP contribution is 2.28. The average molecular weight is 404 g/mol. The zero-order chi connectivity index (χ0) is 20.2. The number of aryl methyl sites for hydroxylation is 1. The van der Waals surface area contributed by atoms with Crippen molar-refractivity contribution in [3.8, 4) is 11.3 Å². The van der Waals surface area contributed by atoms with Crippen molar-refractivity contribution in [2.45, 2.75) is 6.92 Å². The molecular weight excluding hydrogens is 387 g/mol. The first-order valence-electron chi connectivity index (χ1n) is 8.89. The fraction of sp³-hybridized carbons (Fsp3) is 0.0455. The summed E-state index contributed by atoms with van der Waals surface area (Å²) in [5, 5.41) is 8.76. The number of hydrogen-bond acceptors (Lipinski definition) is 5. The van der Waals surface area contributed by atoms with E-state index in [4.69, 9.17) is 0 Å². The van der Waals surface area contributed by atoms with Crippen LogP contribution in [0.25, 0.3) is 11.3 Å². The molecule has 5 nitrogen and oxygen atoms in total. The minimum atomic E-state index is -0.348. The topological polar surface area (TPSA) is 66.9 Å². The molecule has 0 aliphatic rings. The van der Waals surface area contributed by atoms with Gasteiger partial charge in [0.1, 0.15) is 5.82 Å². The Bertz CT molecular complexity index is 1140. The molecule has 0 saturated carbocycles. The van der Waals surface area contributed by atoms with Gasteiger partial charge in [-0.15, -0.1) is 11.3 Å². The van der Waals surface area contributed by atoms with E-state index in [-0.39, 0.29) is 11.7 Å². The van der Waals surface area contributed by atoms with Crippen LogP contribution in [0.3, 0.4) is 0 Å². The van der Waals surface area contributed by atoms with Crippen LogP contribution in [-0.2, 0) is 0 Å². The van der Waals surface area contributed by atoms with E-state index >= 15 is 0 Å². The average Bonchev–Trinajstić information content (AvgIpc) is 3.20. The van der Waals surface area contributed by atoms with Gasteiger partial charge in [0.15, 0.2) is 5.13 Å². The summed E-state index contributed by atoms with van der Waals surface area (Å²) in [5.74, 6) is -0.615. The fourth-order valence-corrected chi connectivity index (χ4v) is 3.47. The summed E-state index contributed by atoms with van der Waals surface area (Å²) in [7, 11) is 0. The molecule has 2 N–H and O–H groups in total. The van der Waals surface area contributed by atoms with Crippen molar-refractivity contribution in [3.63, 3.8) is 0 Å². The molecule has 0 aliphatic carbocycles. The second kappa shape index (κ2) is 8.20. The summed E-state index contributed by atoms with van der Waals surface area (Å²) >= 11 is 1.49. The van der Waals surface area contributed by atoms with Crippen LogP contribution in [0, 0.1) is 12.7 Å². The van der Waals surface area contributed by atoms with Crippen molar-refractivity contribution >= 4 is 33.8 Å². The van der Waals surface area contributed by atoms with Crippen molar-refractivity contribution < 1.29 is 9.18 Å². The minimum absolute atomic E-state index is 0.267. The number of nitrogens with one attached hydrogen (secondary N) is 2. The molecule has 2 aromatic heterocycles. The van der Waals surface area contributed by atoms with E-state index in [2.05, 4.69) is 20.6 Å². The van der Waals surface area contributed by atoms with Gasteiger partial charge in [-0.25, -0.2) is 9.37 Å². The lowest BCUT2D eigenvalue weighted by molar-refractivity contribution is 0.102. The zero-order valence-corrected chi connectivity index (χ0v) is 16.3. The summed E-state index contributed by atoms with van der Waals surface area (Å²) in [4.78, 5) is 21.2. The van der Waals surface area contributed by atoms with Gasteiger partial charge in [-0.05, 0) is 61.0 Å². The van der Waals surface area contributed by atoms with E-state index in [1.54, 1.807) is 24.5 Å². The van der Waals surface area contributed by atoms with E-state index in [9.17, 15) is 9.18 Å². The van der Waals surface area contributed by atoms with E-state index in [1.165, 1.54) is 35.6 Å². The monoisotopic (exact) mass is 404 g/mol. The highest BCUT2D eigenvalue weighted by molar-refractivity contribution is 7.14. The Morgan fingerprint density at radius 1 is 1.03 bits per heavy atom. The Morgan fingerprint density at radius 2 is 1.79 bits per heavy atom. The van der Waals surface area contributed by atoms with Crippen molar-refractivity contribution in [2.75, 3.05) is 10.6 Å². The first-order chi connectivity index (χ1) is 14.1. The van der Waals surface area contributed by atoms with Gasteiger partial charge in [-0.3, -0.25) is 9.78 Å². The smallest absolute Gasteiger partial charge is 0.255 e. The van der Waals surface area contributed by atoms with Crippen LogP contribution >= 0.6 is 11.3 Å². The first kappa shape index (κ1) is 18.8. The molecule has 0 saturated heterocycles. The number of amides is 1. The number of anilines is 3. The van der Waals surface area contributed by atoms with Crippen LogP contribution in [0.5, 0.6) is 0 Å². The van der Waals surface area contributed by atoms with Gasteiger partial charge in [-0.1, -0.05) is 6.07 Å². The van der Waals surface area contributed by atoms with Crippen LogP contribution < -0.4 is 10.6 Å². The van der Waals surface area contributed by atoms with E-state index in [0.29, 0.717) is 11.3 Å². The maximum absolute atomic E-state index is 13.0. The number of rotatable bonds is 5. The Kier molecular flexibility index (Phi) is 5.31. The summed E-state index contributed by atoms with van der Waals surface area (Å²) < 4.78 is 13.0. The molecule has 0 unspecified atom stereocenters.